The molecule has 0 bridgehead atoms. The second-order valence-corrected chi connectivity index (χ2v) is 7.62. The van der Waals surface area contributed by atoms with Crippen molar-refractivity contribution in [1.29, 1.82) is 0 Å². The number of halogens is 2. The molecule has 6 nitrogen and oxygen atoms in total. The summed E-state index contributed by atoms with van der Waals surface area (Å²) in [5.74, 6) is 1.65. The van der Waals surface area contributed by atoms with Gasteiger partial charge in [0.1, 0.15) is 12.4 Å². The summed E-state index contributed by atoms with van der Waals surface area (Å²) in [6.45, 7) is 0.672. The molecule has 0 atom stereocenters. The molecule has 0 saturated carbocycles. The van der Waals surface area contributed by atoms with E-state index in [1.165, 1.54) is 0 Å². The fraction of sp³-hybridized carbons (Fsp3) is 0.167. The highest BCUT2D eigenvalue weighted by Crippen LogP contribution is 2.29. The molecule has 0 radical (unpaired) electrons. The number of benzene rings is 2. The zero-order chi connectivity index (χ0) is 18.8. The van der Waals surface area contributed by atoms with Crippen molar-refractivity contribution < 1.29 is 9.53 Å². The molecule has 0 unspecified atom stereocenters. The molecule has 3 aromatic rings. The van der Waals surface area contributed by atoms with Crippen LogP contribution in [0.15, 0.2) is 53.7 Å². The molecule has 0 saturated heterocycles. The Morgan fingerprint density at radius 3 is 2.74 bits per heavy atom. The SMILES string of the molecule is O=C(c1ccccc1)N1CCSc2nnc(COc3ccc(Cl)cc3Cl)n21. The van der Waals surface area contributed by atoms with Crippen LogP contribution in [0.3, 0.4) is 0 Å². The monoisotopic (exact) mass is 420 g/mol. The smallest absolute Gasteiger partial charge is 0.272 e. The van der Waals surface area contributed by atoms with Gasteiger partial charge in [0.15, 0.2) is 5.82 Å². The zero-order valence-electron chi connectivity index (χ0n) is 14.0. The number of carbonyl (C=O) groups is 1. The van der Waals surface area contributed by atoms with Crippen LogP contribution in [0.25, 0.3) is 0 Å². The Morgan fingerprint density at radius 1 is 1.15 bits per heavy atom. The van der Waals surface area contributed by atoms with E-state index in [0.717, 1.165) is 5.75 Å². The Labute approximate surface area is 170 Å². The van der Waals surface area contributed by atoms with E-state index in [4.69, 9.17) is 27.9 Å². The first-order valence-corrected chi connectivity index (χ1v) is 9.90. The number of aromatic nitrogens is 3. The molecule has 9 heteroatoms. The summed E-state index contributed by atoms with van der Waals surface area (Å²) in [4.78, 5) is 12.9. The summed E-state index contributed by atoms with van der Waals surface area (Å²) in [7, 11) is 0. The van der Waals surface area contributed by atoms with Gasteiger partial charge >= 0.3 is 0 Å². The van der Waals surface area contributed by atoms with Crippen LogP contribution in [0.1, 0.15) is 16.2 Å². The van der Waals surface area contributed by atoms with Gasteiger partial charge < -0.3 is 4.74 Å². The van der Waals surface area contributed by atoms with Crippen molar-refractivity contribution in [3.8, 4) is 5.75 Å². The molecule has 2 aromatic carbocycles. The number of amides is 1. The van der Waals surface area contributed by atoms with Crippen molar-refractivity contribution in [2.75, 3.05) is 17.3 Å². The molecule has 0 N–H and O–H groups in total. The number of carbonyl (C=O) groups excluding carboxylic acids is 1. The van der Waals surface area contributed by atoms with E-state index in [2.05, 4.69) is 10.2 Å². The van der Waals surface area contributed by atoms with Crippen LogP contribution < -0.4 is 9.75 Å². The van der Waals surface area contributed by atoms with Gasteiger partial charge in [-0.05, 0) is 30.3 Å². The second kappa shape index (κ2) is 7.80. The average Bonchev–Trinajstić information content (AvgIpc) is 3.11. The van der Waals surface area contributed by atoms with Gasteiger partial charge in [0.25, 0.3) is 5.91 Å². The lowest BCUT2D eigenvalue weighted by Gasteiger charge is -2.29. The number of ether oxygens (including phenoxy) is 1. The second-order valence-electron chi connectivity index (χ2n) is 5.72. The van der Waals surface area contributed by atoms with E-state index in [9.17, 15) is 4.79 Å². The summed E-state index contributed by atoms with van der Waals surface area (Å²) < 4.78 is 7.49. The number of fused-ring (bicyclic) bond motifs is 1. The molecule has 4 rings (SSSR count). The lowest BCUT2D eigenvalue weighted by molar-refractivity contribution is 0.0953. The lowest BCUT2D eigenvalue weighted by atomic mass is 10.2. The van der Waals surface area contributed by atoms with E-state index >= 15 is 0 Å². The first-order valence-electron chi connectivity index (χ1n) is 8.15. The molecule has 0 spiro atoms. The Bertz CT molecular complexity index is 981. The van der Waals surface area contributed by atoms with Gasteiger partial charge in [0.2, 0.25) is 5.16 Å². The predicted octanol–water partition coefficient (Wildman–Crippen LogP) is 4.05. The molecule has 138 valence electrons. The summed E-state index contributed by atoms with van der Waals surface area (Å²) >= 11 is 13.6. The first kappa shape index (κ1) is 18.2. The quantitative estimate of drug-likeness (QED) is 0.636. The van der Waals surface area contributed by atoms with Crippen LogP contribution in [-0.2, 0) is 6.61 Å². The highest BCUT2D eigenvalue weighted by molar-refractivity contribution is 7.99. The molecular weight excluding hydrogens is 407 g/mol. The summed E-state index contributed by atoms with van der Waals surface area (Å²) in [6, 6.07) is 14.1. The van der Waals surface area contributed by atoms with E-state index in [0.29, 0.717) is 38.9 Å². The van der Waals surface area contributed by atoms with Gasteiger partial charge in [-0.1, -0.05) is 53.2 Å². The fourth-order valence-electron chi connectivity index (χ4n) is 2.70. The summed E-state index contributed by atoms with van der Waals surface area (Å²) in [6.07, 6.45) is 0. The number of hydrogen-bond donors (Lipinski definition) is 0. The van der Waals surface area contributed by atoms with Gasteiger partial charge in [-0.3, -0.25) is 4.79 Å². The van der Waals surface area contributed by atoms with Crippen LogP contribution in [-0.4, -0.2) is 33.1 Å². The Kier molecular flexibility index (Phi) is 5.24. The highest BCUT2D eigenvalue weighted by Gasteiger charge is 2.28. The molecule has 1 aliphatic heterocycles. The van der Waals surface area contributed by atoms with E-state index < -0.39 is 0 Å². The third-order valence-corrected chi connectivity index (χ3v) is 5.39. The van der Waals surface area contributed by atoms with Crippen molar-refractivity contribution in [3.63, 3.8) is 0 Å². The van der Waals surface area contributed by atoms with E-state index in [1.807, 2.05) is 18.2 Å². The van der Waals surface area contributed by atoms with Crippen LogP contribution in [0.4, 0.5) is 0 Å². The van der Waals surface area contributed by atoms with Crippen LogP contribution >= 0.6 is 35.0 Å². The molecule has 1 amide bonds. The summed E-state index contributed by atoms with van der Waals surface area (Å²) in [5.41, 5.74) is 0.608. The maximum atomic E-state index is 12.9. The van der Waals surface area contributed by atoms with E-state index in [-0.39, 0.29) is 12.5 Å². The van der Waals surface area contributed by atoms with Gasteiger partial charge in [0.05, 0.1) is 11.6 Å². The van der Waals surface area contributed by atoms with Crippen molar-refractivity contribution in [1.82, 2.24) is 14.9 Å². The van der Waals surface area contributed by atoms with E-state index in [1.54, 1.807) is 51.8 Å². The maximum absolute atomic E-state index is 12.9. The fourth-order valence-corrected chi connectivity index (χ4v) is 4.03. The Hall–Kier alpha value is -2.22. The standard InChI is InChI=1S/C18H14Cl2N4O2S/c19-13-6-7-15(14(20)10-13)26-11-16-21-22-18-24(16)23(8-9-27-18)17(25)12-4-2-1-3-5-12/h1-7,10H,8-9,11H2. The Balaban J connectivity index is 1.59. The Morgan fingerprint density at radius 2 is 1.96 bits per heavy atom. The van der Waals surface area contributed by atoms with Crippen LogP contribution in [0, 0.1) is 0 Å². The number of hydrogen-bond acceptors (Lipinski definition) is 5. The third kappa shape index (κ3) is 3.76. The largest absolute Gasteiger partial charge is 0.484 e. The molecule has 2 heterocycles. The molecule has 0 fully saturated rings. The van der Waals surface area contributed by atoms with Gasteiger partial charge in [-0.25, -0.2) is 9.69 Å². The molecule has 1 aliphatic rings. The third-order valence-electron chi connectivity index (χ3n) is 3.96. The lowest BCUT2D eigenvalue weighted by Crippen LogP contribution is -2.45. The molecule has 27 heavy (non-hydrogen) atoms. The normalized spacial score (nSPS) is 13.3. The number of nitrogens with zero attached hydrogens (tertiary/aromatic N) is 4. The number of rotatable bonds is 4. The van der Waals surface area contributed by atoms with Crippen LogP contribution in [0.2, 0.25) is 10.0 Å². The molecule has 1 aromatic heterocycles. The molecule has 0 aliphatic carbocycles. The minimum atomic E-state index is -0.109. The minimum Gasteiger partial charge on any atom is -0.484 e. The van der Waals surface area contributed by atoms with Crippen molar-refractivity contribution in [2.45, 2.75) is 11.8 Å². The van der Waals surface area contributed by atoms with Crippen molar-refractivity contribution >= 4 is 40.9 Å². The first-order chi connectivity index (χ1) is 13.1. The van der Waals surface area contributed by atoms with Gasteiger partial charge in [-0.15, -0.1) is 10.2 Å². The highest BCUT2D eigenvalue weighted by atomic mass is 35.5. The van der Waals surface area contributed by atoms with Crippen LogP contribution in [0.5, 0.6) is 5.75 Å². The van der Waals surface area contributed by atoms with Gasteiger partial charge in [0, 0.05) is 16.3 Å². The minimum absolute atomic E-state index is 0.109. The van der Waals surface area contributed by atoms with Crippen molar-refractivity contribution in [3.05, 3.63) is 70.0 Å². The van der Waals surface area contributed by atoms with Gasteiger partial charge in [-0.2, -0.15) is 0 Å². The zero-order valence-corrected chi connectivity index (χ0v) is 16.3. The van der Waals surface area contributed by atoms with Crippen molar-refractivity contribution in [2.24, 2.45) is 0 Å². The maximum Gasteiger partial charge on any atom is 0.272 e. The summed E-state index contributed by atoms with van der Waals surface area (Å²) in [5, 5.41) is 11.6. The topological polar surface area (TPSA) is 60.3 Å². The average molecular weight is 421 g/mol. The predicted molar refractivity (Wildman–Crippen MR) is 105 cm³/mol. The molecular formula is C18H14Cl2N4O2S. The number of thioether (sulfide) groups is 1.